The van der Waals surface area contributed by atoms with Crippen LogP contribution in [0.3, 0.4) is 0 Å². The third-order valence-electron chi connectivity index (χ3n) is 4.15. The lowest BCUT2D eigenvalue weighted by Crippen LogP contribution is -2.50. The topological polar surface area (TPSA) is 53.5 Å². The lowest BCUT2D eigenvalue weighted by Gasteiger charge is -2.38. The van der Waals surface area contributed by atoms with Gasteiger partial charge >= 0.3 is 0 Å². The van der Waals surface area contributed by atoms with Crippen molar-refractivity contribution in [1.29, 1.82) is 0 Å². The lowest BCUT2D eigenvalue weighted by atomic mass is 9.97. The van der Waals surface area contributed by atoms with Gasteiger partial charge in [0.2, 0.25) is 0 Å². The Morgan fingerprint density at radius 1 is 1.15 bits per heavy atom. The summed E-state index contributed by atoms with van der Waals surface area (Å²) >= 11 is 0. The number of rotatable bonds is 3. The molecule has 0 spiro atoms. The van der Waals surface area contributed by atoms with Crippen molar-refractivity contribution in [3.63, 3.8) is 0 Å². The maximum Gasteiger partial charge on any atom is 0.272 e. The van der Waals surface area contributed by atoms with Crippen LogP contribution >= 0.6 is 0 Å². The molecule has 0 saturated carbocycles. The predicted octanol–water partition coefficient (Wildman–Crippen LogP) is 1.41. The van der Waals surface area contributed by atoms with Crippen LogP contribution in [-0.2, 0) is 0 Å². The Bertz CT molecular complexity index is 534. The third-order valence-corrected chi connectivity index (χ3v) is 4.15. The molecule has 0 atom stereocenters. The monoisotopic (exact) mass is 273 g/mol. The summed E-state index contributed by atoms with van der Waals surface area (Å²) in [6.07, 6.45) is 2.15. The van der Waals surface area contributed by atoms with Gasteiger partial charge in [0.1, 0.15) is 11.4 Å². The summed E-state index contributed by atoms with van der Waals surface area (Å²) in [5.41, 5.74) is 0.758. The van der Waals surface area contributed by atoms with Gasteiger partial charge in [0, 0.05) is 26.2 Å². The van der Waals surface area contributed by atoms with E-state index >= 15 is 0 Å². The van der Waals surface area contributed by atoms with E-state index in [9.17, 15) is 9.59 Å². The van der Waals surface area contributed by atoms with Gasteiger partial charge in [0.05, 0.1) is 0 Å². The summed E-state index contributed by atoms with van der Waals surface area (Å²) in [7, 11) is 0. The first-order valence-electron chi connectivity index (χ1n) is 7.24. The van der Waals surface area contributed by atoms with Gasteiger partial charge in [-0.25, -0.2) is 4.98 Å². The molecule has 0 aromatic carbocycles. The zero-order valence-electron chi connectivity index (χ0n) is 11.7. The highest BCUT2D eigenvalue weighted by Crippen LogP contribution is 2.20. The number of nitrogens with zero attached hydrogens (tertiary/aromatic N) is 3. The highest BCUT2D eigenvalue weighted by molar-refractivity contribution is 5.96. The van der Waals surface area contributed by atoms with Crippen LogP contribution in [0.2, 0.25) is 0 Å². The predicted molar refractivity (Wildman–Crippen MR) is 74.4 cm³/mol. The summed E-state index contributed by atoms with van der Waals surface area (Å²) in [6.45, 7) is 5.34. The minimum absolute atomic E-state index is 0.0621. The Morgan fingerprint density at radius 3 is 2.25 bits per heavy atom. The summed E-state index contributed by atoms with van der Waals surface area (Å²) in [5, 5.41) is 0. The Kier molecular flexibility index (Phi) is 3.42. The molecule has 1 aromatic rings. The molecule has 2 fully saturated rings. The molecular weight excluding hydrogens is 254 g/mol. The average Bonchev–Trinajstić information content (AvgIpc) is 2.35. The smallest absolute Gasteiger partial charge is 0.272 e. The summed E-state index contributed by atoms with van der Waals surface area (Å²) in [5.74, 6) is 0.485. The van der Waals surface area contributed by atoms with Gasteiger partial charge in [-0.15, -0.1) is 0 Å². The number of carbonyl (C=O) groups is 2. The molecule has 5 nitrogen and oxygen atoms in total. The standard InChI is InChI=1S/C15H19N3O2/c1-2-11-9-18(10-11)15(20)13-6-3-5-12(16-13)14(19)17-7-4-8-17/h3,5-6,11H,2,4,7-10H2,1H3. The molecule has 20 heavy (non-hydrogen) atoms. The van der Waals surface area contributed by atoms with Crippen molar-refractivity contribution < 1.29 is 9.59 Å². The van der Waals surface area contributed by atoms with Crippen LogP contribution in [0.1, 0.15) is 40.7 Å². The molecular formula is C15H19N3O2. The Balaban J connectivity index is 1.71. The van der Waals surface area contributed by atoms with Gasteiger partial charge in [-0.2, -0.15) is 0 Å². The van der Waals surface area contributed by atoms with Crippen LogP contribution in [-0.4, -0.2) is 52.8 Å². The molecule has 0 bridgehead atoms. The molecule has 5 heteroatoms. The van der Waals surface area contributed by atoms with Gasteiger partial charge in [-0.1, -0.05) is 13.0 Å². The molecule has 106 valence electrons. The molecule has 2 aliphatic heterocycles. The summed E-state index contributed by atoms with van der Waals surface area (Å²) < 4.78 is 0. The number of likely N-dealkylation sites (tertiary alicyclic amines) is 2. The van der Waals surface area contributed by atoms with Gasteiger partial charge in [-0.05, 0) is 30.9 Å². The number of amides is 2. The summed E-state index contributed by atoms with van der Waals surface area (Å²) in [4.78, 5) is 32.2. The molecule has 3 rings (SSSR count). The molecule has 1 aromatic heterocycles. The van der Waals surface area contributed by atoms with Gasteiger partial charge in [0.15, 0.2) is 0 Å². The van der Waals surface area contributed by atoms with Crippen molar-refractivity contribution in [1.82, 2.24) is 14.8 Å². The molecule has 2 aliphatic rings. The molecule has 2 saturated heterocycles. The Hall–Kier alpha value is -1.91. The Morgan fingerprint density at radius 2 is 1.75 bits per heavy atom. The third kappa shape index (κ3) is 2.28. The molecule has 3 heterocycles. The quantitative estimate of drug-likeness (QED) is 0.836. The van der Waals surface area contributed by atoms with E-state index in [1.807, 2.05) is 0 Å². The number of pyridine rings is 1. The Labute approximate surface area is 118 Å². The fourth-order valence-corrected chi connectivity index (χ4v) is 2.51. The lowest BCUT2D eigenvalue weighted by molar-refractivity contribution is 0.0488. The fraction of sp³-hybridized carbons (Fsp3) is 0.533. The normalized spacial score (nSPS) is 18.4. The van der Waals surface area contributed by atoms with Crippen LogP contribution in [0.15, 0.2) is 18.2 Å². The van der Waals surface area contributed by atoms with Crippen molar-refractivity contribution in [2.45, 2.75) is 19.8 Å². The number of hydrogen-bond donors (Lipinski definition) is 0. The molecule has 0 N–H and O–H groups in total. The number of carbonyl (C=O) groups excluding carboxylic acids is 2. The van der Waals surface area contributed by atoms with Crippen molar-refractivity contribution in [2.24, 2.45) is 5.92 Å². The second kappa shape index (κ2) is 5.23. The second-order valence-corrected chi connectivity index (χ2v) is 5.54. The number of hydrogen-bond acceptors (Lipinski definition) is 3. The average molecular weight is 273 g/mol. The first kappa shape index (κ1) is 13.1. The fourth-order valence-electron chi connectivity index (χ4n) is 2.51. The molecule has 2 amide bonds. The van der Waals surface area contributed by atoms with E-state index < -0.39 is 0 Å². The van der Waals surface area contributed by atoms with Crippen molar-refractivity contribution >= 4 is 11.8 Å². The van der Waals surface area contributed by atoms with E-state index in [0.717, 1.165) is 39.0 Å². The van der Waals surface area contributed by atoms with Crippen molar-refractivity contribution in [2.75, 3.05) is 26.2 Å². The van der Waals surface area contributed by atoms with E-state index in [2.05, 4.69) is 11.9 Å². The maximum absolute atomic E-state index is 12.3. The molecule has 0 radical (unpaired) electrons. The first-order valence-corrected chi connectivity index (χ1v) is 7.24. The molecule has 0 aliphatic carbocycles. The van der Waals surface area contributed by atoms with Gasteiger partial charge < -0.3 is 9.80 Å². The second-order valence-electron chi connectivity index (χ2n) is 5.54. The van der Waals surface area contributed by atoms with E-state index in [0.29, 0.717) is 17.3 Å². The van der Waals surface area contributed by atoms with E-state index in [1.54, 1.807) is 28.0 Å². The number of aromatic nitrogens is 1. The zero-order chi connectivity index (χ0) is 14.1. The first-order chi connectivity index (χ1) is 9.69. The van der Waals surface area contributed by atoms with E-state index in [1.165, 1.54) is 0 Å². The van der Waals surface area contributed by atoms with Crippen LogP contribution in [0.4, 0.5) is 0 Å². The van der Waals surface area contributed by atoms with Crippen molar-refractivity contribution in [3.05, 3.63) is 29.6 Å². The van der Waals surface area contributed by atoms with Crippen molar-refractivity contribution in [3.8, 4) is 0 Å². The zero-order valence-corrected chi connectivity index (χ0v) is 11.7. The molecule has 0 unspecified atom stereocenters. The van der Waals surface area contributed by atoms with Gasteiger partial charge in [-0.3, -0.25) is 9.59 Å². The highest BCUT2D eigenvalue weighted by Gasteiger charge is 2.31. The van der Waals surface area contributed by atoms with Crippen LogP contribution in [0.5, 0.6) is 0 Å². The van der Waals surface area contributed by atoms with E-state index in [4.69, 9.17) is 0 Å². The van der Waals surface area contributed by atoms with Gasteiger partial charge in [0.25, 0.3) is 11.8 Å². The SMILES string of the molecule is CCC1CN(C(=O)c2cccc(C(=O)N3CCC3)n2)C1. The van der Waals surface area contributed by atoms with Crippen LogP contribution < -0.4 is 0 Å². The minimum atomic E-state index is -0.0686. The maximum atomic E-state index is 12.3. The van der Waals surface area contributed by atoms with E-state index in [-0.39, 0.29) is 11.8 Å². The minimum Gasteiger partial charge on any atom is -0.337 e. The highest BCUT2D eigenvalue weighted by atomic mass is 16.2. The van der Waals surface area contributed by atoms with Crippen LogP contribution in [0.25, 0.3) is 0 Å². The summed E-state index contributed by atoms with van der Waals surface area (Å²) in [6, 6.07) is 5.11. The van der Waals surface area contributed by atoms with Crippen LogP contribution in [0, 0.1) is 5.92 Å². The largest absolute Gasteiger partial charge is 0.337 e.